The Morgan fingerprint density at radius 2 is 1.50 bits per heavy atom. The minimum absolute atomic E-state index is 0.205. The molecule has 2 N–H and O–H groups in total. The molecule has 10 heteroatoms. The second-order valence-electron chi connectivity index (χ2n) is 6.24. The van der Waals surface area contributed by atoms with Gasteiger partial charge in [-0.1, -0.05) is 39.1 Å². The Morgan fingerprint density at radius 1 is 0.875 bits per heavy atom. The summed E-state index contributed by atoms with van der Waals surface area (Å²) >= 11 is 14.9. The number of rotatable bonds is 5. The van der Waals surface area contributed by atoms with Gasteiger partial charge in [0.2, 0.25) is 0 Å². The zero-order valence-electron chi connectivity index (χ0n) is 16.1. The van der Waals surface area contributed by atoms with Gasteiger partial charge in [-0.3, -0.25) is 9.59 Å². The molecule has 32 heavy (non-hydrogen) atoms. The van der Waals surface area contributed by atoms with Crippen LogP contribution in [0.4, 0.5) is 5.69 Å². The van der Waals surface area contributed by atoms with Crippen LogP contribution in [0.3, 0.4) is 0 Å². The molecule has 0 aliphatic heterocycles. The molecule has 3 aromatic rings. The van der Waals surface area contributed by atoms with Gasteiger partial charge >= 0.3 is 17.8 Å². The molecule has 3 rings (SSSR count). The molecule has 2 amide bonds. The lowest BCUT2D eigenvalue weighted by molar-refractivity contribution is -0.136. The zero-order valence-corrected chi connectivity index (χ0v) is 19.2. The number of anilines is 1. The van der Waals surface area contributed by atoms with E-state index in [1.807, 2.05) is 0 Å². The number of nitrogens with zero attached hydrogens (tertiary/aromatic N) is 1. The number of amides is 2. The summed E-state index contributed by atoms with van der Waals surface area (Å²) < 4.78 is 6.11. The standard InChI is InChI=1S/C22H14BrCl2N3O4/c23-15-3-10-19(32-22(31)13-1-4-16(24)5-2-13)14(11-15)12-26-28-21(30)20(29)27-18-8-6-17(25)7-9-18/h1-12H,(H,27,29)(H,28,30). The molecule has 0 bridgehead atoms. The number of carbonyl (C=O) groups excluding carboxylic acids is 3. The van der Waals surface area contributed by atoms with Gasteiger partial charge in [0.1, 0.15) is 5.75 Å². The summed E-state index contributed by atoms with van der Waals surface area (Å²) in [6.45, 7) is 0. The highest BCUT2D eigenvalue weighted by Gasteiger charge is 2.14. The number of esters is 1. The van der Waals surface area contributed by atoms with Crippen LogP contribution in [-0.2, 0) is 9.59 Å². The van der Waals surface area contributed by atoms with Crippen LogP contribution in [0.2, 0.25) is 10.0 Å². The van der Waals surface area contributed by atoms with Crippen molar-refractivity contribution >= 4 is 68.8 Å². The van der Waals surface area contributed by atoms with Gasteiger partial charge < -0.3 is 10.1 Å². The van der Waals surface area contributed by atoms with E-state index in [0.717, 1.165) is 0 Å². The van der Waals surface area contributed by atoms with E-state index in [0.29, 0.717) is 31.3 Å². The Hall–Kier alpha value is -3.20. The SMILES string of the molecule is O=C(NN=Cc1cc(Br)ccc1OC(=O)c1ccc(Cl)cc1)C(=O)Nc1ccc(Cl)cc1. The fraction of sp³-hybridized carbons (Fsp3) is 0. The van der Waals surface area contributed by atoms with Crippen LogP contribution in [0, 0.1) is 0 Å². The zero-order chi connectivity index (χ0) is 23.1. The second kappa shape index (κ2) is 10.9. The van der Waals surface area contributed by atoms with Crippen molar-refractivity contribution in [2.45, 2.75) is 0 Å². The van der Waals surface area contributed by atoms with Crippen LogP contribution in [0.25, 0.3) is 0 Å². The van der Waals surface area contributed by atoms with Crippen LogP contribution in [0.15, 0.2) is 76.3 Å². The third-order valence-corrected chi connectivity index (χ3v) is 4.93. The number of hydrazone groups is 1. The van der Waals surface area contributed by atoms with Gasteiger partial charge in [-0.2, -0.15) is 5.10 Å². The molecule has 0 aromatic heterocycles. The first-order chi connectivity index (χ1) is 15.3. The molecule has 7 nitrogen and oxygen atoms in total. The Morgan fingerprint density at radius 3 is 2.16 bits per heavy atom. The first-order valence-corrected chi connectivity index (χ1v) is 10.5. The largest absolute Gasteiger partial charge is 0.422 e. The minimum atomic E-state index is -0.981. The molecule has 0 aliphatic rings. The lowest BCUT2D eigenvalue weighted by Crippen LogP contribution is -2.32. The molecule has 0 spiro atoms. The summed E-state index contributed by atoms with van der Waals surface area (Å²) in [5, 5.41) is 7.19. The summed E-state index contributed by atoms with van der Waals surface area (Å²) in [5.41, 5.74) is 3.23. The third kappa shape index (κ3) is 6.65. The highest BCUT2D eigenvalue weighted by atomic mass is 79.9. The van der Waals surface area contributed by atoms with Crippen LogP contribution in [-0.4, -0.2) is 24.0 Å². The number of ether oxygens (including phenoxy) is 1. The Kier molecular flexibility index (Phi) is 7.99. The Labute approximate surface area is 201 Å². The molecular formula is C22H14BrCl2N3O4. The van der Waals surface area contributed by atoms with E-state index in [1.54, 1.807) is 54.6 Å². The van der Waals surface area contributed by atoms with E-state index in [-0.39, 0.29) is 5.75 Å². The quantitative estimate of drug-likeness (QED) is 0.157. The third-order valence-electron chi connectivity index (χ3n) is 3.93. The van der Waals surface area contributed by atoms with E-state index < -0.39 is 17.8 Å². The summed E-state index contributed by atoms with van der Waals surface area (Å²) in [4.78, 5) is 36.3. The van der Waals surface area contributed by atoms with Gasteiger partial charge in [0.05, 0.1) is 11.8 Å². The van der Waals surface area contributed by atoms with Crippen molar-refractivity contribution in [1.82, 2.24) is 5.43 Å². The fourth-order valence-corrected chi connectivity index (χ4v) is 3.02. The monoisotopic (exact) mass is 533 g/mol. The Balaban J connectivity index is 1.65. The number of hydrogen-bond donors (Lipinski definition) is 2. The predicted molar refractivity (Wildman–Crippen MR) is 126 cm³/mol. The molecule has 162 valence electrons. The number of benzene rings is 3. The van der Waals surface area contributed by atoms with Gasteiger partial charge in [0, 0.05) is 25.8 Å². The maximum absolute atomic E-state index is 12.4. The van der Waals surface area contributed by atoms with Gasteiger partial charge in [-0.25, -0.2) is 10.2 Å². The van der Waals surface area contributed by atoms with Crippen molar-refractivity contribution in [1.29, 1.82) is 0 Å². The second-order valence-corrected chi connectivity index (χ2v) is 8.03. The number of halogens is 3. The molecule has 0 unspecified atom stereocenters. The molecule has 0 saturated carbocycles. The normalized spacial score (nSPS) is 10.6. The van der Waals surface area contributed by atoms with E-state index >= 15 is 0 Å². The number of nitrogens with one attached hydrogen (secondary N) is 2. The van der Waals surface area contributed by atoms with Crippen molar-refractivity contribution in [2.75, 3.05) is 5.32 Å². The van der Waals surface area contributed by atoms with Crippen LogP contribution >= 0.6 is 39.1 Å². The molecule has 0 aliphatic carbocycles. The van der Waals surface area contributed by atoms with E-state index in [1.165, 1.54) is 18.3 Å². The lowest BCUT2D eigenvalue weighted by Gasteiger charge is -2.08. The topological polar surface area (TPSA) is 96.9 Å². The van der Waals surface area contributed by atoms with Gasteiger partial charge in [0.15, 0.2) is 0 Å². The van der Waals surface area contributed by atoms with Crippen molar-refractivity contribution < 1.29 is 19.1 Å². The van der Waals surface area contributed by atoms with Gasteiger partial charge in [0.25, 0.3) is 0 Å². The van der Waals surface area contributed by atoms with Crippen LogP contribution < -0.4 is 15.5 Å². The molecule has 0 radical (unpaired) electrons. The first-order valence-electron chi connectivity index (χ1n) is 8.99. The van der Waals surface area contributed by atoms with E-state index in [2.05, 4.69) is 31.8 Å². The van der Waals surface area contributed by atoms with E-state index in [4.69, 9.17) is 27.9 Å². The molecule has 0 fully saturated rings. The average molecular weight is 535 g/mol. The smallest absolute Gasteiger partial charge is 0.343 e. The molecule has 0 saturated heterocycles. The summed E-state index contributed by atoms with van der Waals surface area (Å²) in [6, 6.07) is 17.4. The average Bonchev–Trinajstić information content (AvgIpc) is 2.77. The van der Waals surface area contributed by atoms with E-state index in [9.17, 15) is 14.4 Å². The highest BCUT2D eigenvalue weighted by molar-refractivity contribution is 9.10. The summed E-state index contributed by atoms with van der Waals surface area (Å²) in [7, 11) is 0. The number of hydrogen-bond acceptors (Lipinski definition) is 5. The van der Waals surface area contributed by atoms with Crippen molar-refractivity contribution in [3.05, 3.63) is 92.4 Å². The van der Waals surface area contributed by atoms with Crippen LogP contribution in [0.5, 0.6) is 5.75 Å². The maximum atomic E-state index is 12.4. The molecule has 0 heterocycles. The van der Waals surface area contributed by atoms with Crippen molar-refractivity contribution in [3.63, 3.8) is 0 Å². The number of carbonyl (C=O) groups is 3. The van der Waals surface area contributed by atoms with Gasteiger partial charge in [-0.05, 0) is 66.7 Å². The molecule has 3 aromatic carbocycles. The maximum Gasteiger partial charge on any atom is 0.343 e. The fourth-order valence-electron chi connectivity index (χ4n) is 2.39. The lowest BCUT2D eigenvalue weighted by atomic mass is 10.2. The van der Waals surface area contributed by atoms with Crippen molar-refractivity contribution in [2.24, 2.45) is 5.10 Å². The highest BCUT2D eigenvalue weighted by Crippen LogP contribution is 2.23. The van der Waals surface area contributed by atoms with Crippen molar-refractivity contribution in [3.8, 4) is 5.75 Å². The van der Waals surface area contributed by atoms with Gasteiger partial charge in [-0.15, -0.1) is 0 Å². The minimum Gasteiger partial charge on any atom is -0.422 e. The van der Waals surface area contributed by atoms with Crippen LogP contribution in [0.1, 0.15) is 15.9 Å². The predicted octanol–water partition coefficient (Wildman–Crippen LogP) is 5.06. The molecular weight excluding hydrogens is 521 g/mol. The summed E-state index contributed by atoms with van der Waals surface area (Å²) in [5.74, 6) is -2.28. The first kappa shape index (κ1) is 23.5. The summed E-state index contributed by atoms with van der Waals surface area (Å²) in [6.07, 6.45) is 1.25. The Bertz CT molecular complexity index is 1180. The molecule has 0 atom stereocenters.